The van der Waals surface area contributed by atoms with Crippen molar-refractivity contribution in [2.45, 2.75) is 6.42 Å². The Kier molecular flexibility index (Phi) is 7.60. The zero-order chi connectivity index (χ0) is 28.0. The Hall–Kier alpha value is -5.14. The number of fused-ring (bicyclic) bond motifs is 1. The van der Waals surface area contributed by atoms with Crippen LogP contribution in [0.5, 0.6) is 0 Å². The van der Waals surface area contributed by atoms with Crippen LogP contribution in [0.4, 0.5) is 22.0 Å². The standard InChI is InChI=1S/C33H26ClN5O2/c34-25-13-17-27(18-14-25)39-33(40)38-26-15-11-22(12-16-26)19-20-35-31-29-28(23-7-3-1-4-8-23)30(24-9-5-2-6-10-24)41-32(29)37-21-36-31/h1-18,21H,19-20H2,(H,35,36,37)(H2,38,39,40). The second-order valence-electron chi connectivity index (χ2n) is 9.40. The highest BCUT2D eigenvalue weighted by molar-refractivity contribution is 6.30. The van der Waals surface area contributed by atoms with E-state index >= 15 is 0 Å². The van der Waals surface area contributed by atoms with Gasteiger partial charge in [-0.05, 0) is 53.9 Å². The molecule has 6 rings (SSSR count). The summed E-state index contributed by atoms with van der Waals surface area (Å²) in [7, 11) is 0. The lowest BCUT2D eigenvalue weighted by Gasteiger charge is -2.10. The molecule has 6 aromatic rings. The molecular weight excluding hydrogens is 534 g/mol. The maximum Gasteiger partial charge on any atom is 0.323 e. The number of benzene rings is 4. The number of rotatable bonds is 8. The summed E-state index contributed by atoms with van der Waals surface area (Å²) in [4.78, 5) is 21.3. The van der Waals surface area contributed by atoms with E-state index in [-0.39, 0.29) is 6.03 Å². The van der Waals surface area contributed by atoms with Crippen LogP contribution in [-0.4, -0.2) is 22.5 Å². The Morgan fingerprint density at radius 3 is 2.00 bits per heavy atom. The smallest absolute Gasteiger partial charge is 0.323 e. The lowest BCUT2D eigenvalue weighted by Crippen LogP contribution is -2.19. The highest BCUT2D eigenvalue weighted by atomic mass is 35.5. The van der Waals surface area contributed by atoms with Crippen molar-refractivity contribution in [1.29, 1.82) is 0 Å². The number of hydrogen-bond acceptors (Lipinski definition) is 5. The Morgan fingerprint density at radius 1 is 0.732 bits per heavy atom. The van der Waals surface area contributed by atoms with Crippen LogP contribution >= 0.6 is 11.6 Å². The summed E-state index contributed by atoms with van der Waals surface area (Å²) in [5.41, 5.74) is 5.99. The average Bonchev–Trinajstić information content (AvgIpc) is 3.41. The normalized spacial score (nSPS) is 10.9. The third-order valence-electron chi connectivity index (χ3n) is 6.61. The number of carbonyl (C=O) groups excluding carboxylic acids is 1. The van der Waals surface area contributed by atoms with Gasteiger partial charge in [-0.1, -0.05) is 84.4 Å². The van der Waals surface area contributed by atoms with E-state index in [1.165, 1.54) is 6.33 Å². The highest BCUT2D eigenvalue weighted by Gasteiger charge is 2.21. The van der Waals surface area contributed by atoms with Crippen molar-refractivity contribution < 1.29 is 9.21 Å². The molecule has 0 radical (unpaired) electrons. The number of anilines is 3. The van der Waals surface area contributed by atoms with Gasteiger partial charge >= 0.3 is 6.03 Å². The fourth-order valence-corrected chi connectivity index (χ4v) is 4.77. The minimum atomic E-state index is -0.321. The molecule has 3 N–H and O–H groups in total. The molecule has 2 heterocycles. The molecule has 4 aromatic carbocycles. The van der Waals surface area contributed by atoms with Gasteiger partial charge < -0.3 is 20.4 Å². The summed E-state index contributed by atoms with van der Waals surface area (Å²) in [6.07, 6.45) is 2.28. The van der Waals surface area contributed by atoms with E-state index in [9.17, 15) is 4.79 Å². The maximum absolute atomic E-state index is 12.3. The lowest BCUT2D eigenvalue weighted by atomic mass is 9.99. The topological polar surface area (TPSA) is 92.1 Å². The van der Waals surface area contributed by atoms with Crippen molar-refractivity contribution >= 4 is 45.9 Å². The van der Waals surface area contributed by atoms with Gasteiger partial charge in [-0.3, -0.25) is 0 Å². The van der Waals surface area contributed by atoms with Crippen molar-refractivity contribution in [3.63, 3.8) is 0 Å². The zero-order valence-electron chi connectivity index (χ0n) is 22.0. The summed E-state index contributed by atoms with van der Waals surface area (Å²) in [6.45, 7) is 0.649. The van der Waals surface area contributed by atoms with Gasteiger partial charge in [0, 0.05) is 34.1 Å². The van der Waals surface area contributed by atoms with Gasteiger partial charge in [-0.15, -0.1) is 0 Å². The van der Waals surface area contributed by atoms with E-state index < -0.39 is 0 Å². The molecular formula is C33H26ClN5O2. The molecule has 0 saturated heterocycles. The van der Waals surface area contributed by atoms with Crippen LogP contribution in [0.25, 0.3) is 33.6 Å². The first kappa shape index (κ1) is 26.1. The molecule has 0 fully saturated rings. The maximum atomic E-state index is 12.3. The number of aromatic nitrogens is 2. The number of halogens is 1. The van der Waals surface area contributed by atoms with E-state index in [0.29, 0.717) is 28.7 Å². The number of carbonyl (C=O) groups is 1. The minimum Gasteiger partial charge on any atom is -0.437 e. The molecule has 0 spiro atoms. The first-order valence-electron chi connectivity index (χ1n) is 13.2. The summed E-state index contributed by atoms with van der Waals surface area (Å²) >= 11 is 5.90. The van der Waals surface area contributed by atoms with Gasteiger partial charge in [0.25, 0.3) is 0 Å². The zero-order valence-corrected chi connectivity index (χ0v) is 22.7. The van der Waals surface area contributed by atoms with Crippen molar-refractivity contribution in [2.75, 3.05) is 22.5 Å². The van der Waals surface area contributed by atoms with Crippen LogP contribution < -0.4 is 16.0 Å². The first-order chi connectivity index (χ1) is 20.1. The van der Waals surface area contributed by atoms with Crippen LogP contribution in [0.2, 0.25) is 5.02 Å². The van der Waals surface area contributed by atoms with Crippen LogP contribution in [-0.2, 0) is 6.42 Å². The molecule has 202 valence electrons. The monoisotopic (exact) mass is 559 g/mol. The number of amides is 2. The fraction of sp³-hybridized carbons (Fsp3) is 0.0606. The second kappa shape index (κ2) is 11.9. The third-order valence-corrected chi connectivity index (χ3v) is 6.86. The Labute approximate surface area is 242 Å². The number of furan rings is 1. The number of urea groups is 1. The van der Waals surface area contributed by atoms with Crippen molar-refractivity contribution in [1.82, 2.24) is 9.97 Å². The van der Waals surface area contributed by atoms with E-state index in [4.69, 9.17) is 16.0 Å². The molecule has 0 saturated carbocycles. The van der Waals surface area contributed by atoms with Gasteiger partial charge in [0.1, 0.15) is 17.9 Å². The molecule has 0 aliphatic rings. The lowest BCUT2D eigenvalue weighted by molar-refractivity contribution is 0.262. The number of hydrogen-bond donors (Lipinski definition) is 3. The molecule has 41 heavy (non-hydrogen) atoms. The SMILES string of the molecule is O=C(Nc1ccc(Cl)cc1)Nc1ccc(CCNc2ncnc3oc(-c4ccccc4)c(-c4ccccc4)c23)cc1. The van der Waals surface area contributed by atoms with E-state index in [2.05, 4.69) is 38.1 Å². The summed E-state index contributed by atoms with van der Waals surface area (Å²) in [5, 5.41) is 10.6. The van der Waals surface area contributed by atoms with Crippen molar-refractivity contribution in [3.05, 3.63) is 126 Å². The van der Waals surface area contributed by atoms with E-state index in [1.807, 2.05) is 72.8 Å². The van der Waals surface area contributed by atoms with Crippen LogP contribution in [0.15, 0.2) is 120 Å². The molecule has 0 bridgehead atoms. The van der Waals surface area contributed by atoms with Crippen LogP contribution in [0, 0.1) is 0 Å². The van der Waals surface area contributed by atoms with E-state index in [1.54, 1.807) is 24.3 Å². The van der Waals surface area contributed by atoms with Gasteiger partial charge in [0.15, 0.2) is 0 Å². The molecule has 0 unspecified atom stereocenters. The quantitative estimate of drug-likeness (QED) is 0.174. The summed E-state index contributed by atoms with van der Waals surface area (Å²) in [5.74, 6) is 1.48. The summed E-state index contributed by atoms with van der Waals surface area (Å²) < 4.78 is 6.30. The molecule has 0 aliphatic carbocycles. The fourth-order valence-electron chi connectivity index (χ4n) is 4.65. The van der Waals surface area contributed by atoms with Gasteiger partial charge in [0.05, 0.1) is 5.39 Å². The Morgan fingerprint density at radius 2 is 1.34 bits per heavy atom. The van der Waals surface area contributed by atoms with Crippen LogP contribution in [0.1, 0.15) is 5.56 Å². The average molecular weight is 560 g/mol. The molecule has 0 aliphatic heterocycles. The molecule has 2 aromatic heterocycles. The molecule has 8 heteroatoms. The Bertz CT molecular complexity index is 1770. The van der Waals surface area contributed by atoms with E-state index in [0.717, 1.165) is 45.6 Å². The predicted octanol–water partition coefficient (Wildman–Crippen LogP) is 8.51. The summed E-state index contributed by atoms with van der Waals surface area (Å²) in [6, 6.07) is 34.6. The minimum absolute atomic E-state index is 0.321. The molecule has 2 amide bonds. The second-order valence-corrected chi connectivity index (χ2v) is 9.84. The predicted molar refractivity (Wildman–Crippen MR) is 165 cm³/mol. The number of nitrogens with zero attached hydrogens (tertiary/aromatic N) is 2. The third kappa shape index (κ3) is 6.05. The highest BCUT2D eigenvalue weighted by Crippen LogP contribution is 2.42. The van der Waals surface area contributed by atoms with Gasteiger partial charge in [0.2, 0.25) is 5.71 Å². The Balaban J connectivity index is 1.16. The van der Waals surface area contributed by atoms with Crippen molar-refractivity contribution in [3.8, 4) is 22.5 Å². The first-order valence-corrected chi connectivity index (χ1v) is 13.6. The number of nitrogens with one attached hydrogen (secondary N) is 3. The molecule has 0 atom stereocenters. The van der Waals surface area contributed by atoms with Gasteiger partial charge in [-0.2, -0.15) is 0 Å². The van der Waals surface area contributed by atoms with Crippen LogP contribution in [0.3, 0.4) is 0 Å². The largest absolute Gasteiger partial charge is 0.437 e. The molecule has 7 nitrogen and oxygen atoms in total. The van der Waals surface area contributed by atoms with Gasteiger partial charge in [-0.25, -0.2) is 14.8 Å². The van der Waals surface area contributed by atoms with Crippen molar-refractivity contribution in [2.24, 2.45) is 0 Å².